The molecule has 2 atom stereocenters. The molecule has 0 bridgehead atoms. The summed E-state index contributed by atoms with van der Waals surface area (Å²) in [5.74, 6) is -1.56. The van der Waals surface area contributed by atoms with E-state index in [2.05, 4.69) is 98.9 Å². The minimum absolute atomic E-state index is 0.0352. The number of nitrogens with zero attached hydrogens (tertiary/aromatic N) is 1. The Balaban J connectivity index is 4.43. The first kappa shape index (κ1) is 56.5. The van der Waals surface area contributed by atoms with Crippen LogP contribution in [0.25, 0.3) is 0 Å². The molecule has 1 N–H and O–H groups in total. The largest absolute Gasteiger partial charge is 0.477 e. The van der Waals surface area contributed by atoms with Crippen molar-refractivity contribution in [3.63, 3.8) is 0 Å². The van der Waals surface area contributed by atoms with Crippen molar-refractivity contribution in [2.24, 2.45) is 0 Å². The van der Waals surface area contributed by atoms with Gasteiger partial charge in [0.15, 0.2) is 12.1 Å². The van der Waals surface area contributed by atoms with Crippen molar-refractivity contribution in [1.82, 2.24) is 0 Å². The Morgan fingerprint density at radius 3 is 1.45 bits per heavy atom. The number of allylic oxidation sites excluding steroid dienone is 14. The lowest BCUT2D eigenvalue weighted by Gasteiger charge is -2.31. The highest BCUT2D eigenvalue weighted by Crippen LogP contribution is 2.13. The molecule has 0 rings (SSSR count). The lowest BCUT2D eigenvalue weighted by Crippen LogP contribution is -2.50. The van der Waals surface area contributed by atoms with Gasteiger partial charge in [-0.2, -0.15) is 0 Å². The molecule has 0 amide bonds. The normalized spacial score (nSPS) is 13.7. The SMILES string of the molecule is CC/C=C/C/C=C/C/C=C/C/C=C/C/C=C/C/C=C/CCCC(=O)OCC(COCCC(C(=O)O)[N+](C)(C)C)OC(=O)CCCCCCC/C=C/CCCCCCCCC. The van der Waals surface area contributed by atoms with Gasteiger partial charge in [0.2, 0.25) is 0 Å². The molecule has 0 fully saturated rings. The summed E-state index contributed by atoms with van der Waals surface area (Å²) in [4.78, 5) is 37.0. The maximum atomic E-state index is 12.7. The molecule has 0 aromatic rings. The second-order valence-corrected chi connectivity index (χ2v) is 16.6. The van der Waals surface area contributed by atoms with Gasteiger partial charge in [0.25, 0.3) is 0 Å². The maximum absolute atomic E-state index is 12.7. The van der Waals surface area contributed by atoms with Gasteiger partial charge in [0.1, 0.15) is 6.61 Å². The molecule has 0 aromatic heterocycles. The van der Waals surface area contributed by atoms with E-state index >= 15 is 0 Å². The average Bonchev–Trinajstić information content (AvgIpc) is 3.21. The fraction of sp³-hybridized carbons (Fsp3) is 0.673. The molecule has 342 valence electrons. The van der Waals surface area contributed by atoms with Crippen molar-refractivity contribution in [1.29, 1.82) is 0 Å². The summed E-state index contributed by atoms with van der Waals surface area (Å²) in [5.41, 5.74) is 0. The molecule has 0 aliphatic heterocycles. The zero-order chi connectivity index (χ0) is 44.2. The maximum Gasteiger partial charge on any atom is 0.362 e. The number of rotatable bonds is 41. The van der Waals surface area contributed by atoms with E-state index in [1.165, 1.54) is 57.8 Å². The Morgan fingerprint density at radius 2 is 0.950 bits per heavy atom. The molecule has 0 radical (unpaired) electrons. The van der Waals surface area contributed by atoms with Crippen LogP contribution < -0.4 is 0 Å². The minimum Gasteiger partial charge on any atom is -0.477 e. The minimum atomic E-state index is -0.887. The van der Waals surface area contributed by atoms with Crippen LogP contribution in [0.3, 0.4) is 0 Å². The van der Waals surface area contributed by atoms with E-state index in [0.717, 1.165) is 77.0 Å². The summed E-state index contributed by atoms with van der Waals surface area (Å²) in [7, 11) is 5.50. The molecule has 60 heavy (non-hydrogen) atoms. The van der Waals surface area contributed by atoms with Crippen molar-refractivity contribution >= 4 is 17.9 Å². The van der Waals surface area contributed by atoms with Crippen LogP contribution in [-0.4, -0.2) is 80.6 Å². The molecule has 0 saturated heterocycles. The zero-order valence-electron chi connectivity index (χ0n) is 38.9. The van der Waals surface area contributed by atoms with Crippen LogP contribution >= 0.6 is 0 Å². The van der Waals surface area contributed by atoms with Crippen molar-refractivity contribution in [2.45, 2.75) is 187 Å². The van der Waals surface area contributed by atoms with Crippen LogP contribution in [0.2, 0.25) is 0 Å². The third kappa shape index (κ3) is 39.9. The fourth-order valence-corrected chi connectivity index (χ4v) is 6.39. The average molecular weight is 839 g/mol. The molecule has 2 unspecified atom stereocenters. The van der Waals surface area contributed by atoms with Crippen molar-refractivity contribution in [2.75, 3.05) is 41.0 Å². The number of hydrogen-bond acceptors (Lipinski definition) is 6. The molecule has 0 saturated carbocycles. The molecule has 0 aromatic carbocycles. The number of unbranched alkanes of at least 4 members (excludes halogenated alkanes) is 13. The Labute approximate surface area is 367 Å². The summed E-state index contributed by atoms with van der Waals surface area (Å²) in [6, 6.07) is -0.629. The molecule has 8 heteroatoms. The number of carboxylic acids is 1. The number of ether oxygens (including phenoxy) is 3. The van der Waals surface area contributed by atoms with Crippen LogP contribution in [-0.2, 0) is 28.6 Å². The van der Waals surface area contributed by atoms with E-state index in [1.54, 1.807) is 0 Å². The smallest absolute Gasteiger partial charge is 0.362 e. The van der Waals surface area contributed by atoms with Crippen LogP contribution in [0.1, 0.15) is 174 Å². The van der Waals surface area contributed by atoms with E-state index in [1.807, 2.05) is 21.1 Å². The number of carbonyl (C=O) groups is 3. The van der Waals surface area contributed by atoms with Gasteiger partial charge in [-0.3, -0.25) is 9.59 Å². The molecule has 0 heterocycles. The topological polar surface area (TPSA) is 99.1 Å². The van der Waals surface area contributed by atoms with Gasteiger partial charge in [-0.25, -0.2) is 4.79 Å². The van der Waals surface area contributed by atoms with E-state index in [4.69, 9.17) is 14.2 Å². The van der Waals surface area contributed by atoms with E-state index in [0.29, 0.717) is 19.3 Å². The van der Waals surface area contributed by atoms with Crippen LogP contribution in [0.5, 0.6) is 0 Å². The first-order valence-corrected chi connectivity index (χ1v) is 23.6. The number of aliphatic carboxylic acids is 1. The van der Waals surface area contributed by atoms with Crippen molar-refractivity contribution < 1.29 is 38.2 Å². The van der Waals surface area contributed by atoms with Crippen LogP contribution in [0.4, 0.5) is 0 Å². The summed E-state index contributed by atoms with van der Waals surface area (Å²) in [6.45, 7) is 4.54. The predicted molar refractivity (Wildman–Crippen MR) is 252 cm³/mol. The molecule has 8 nitrogen and oxygen atoms in total. The van der Waals surface area contributed by atoms with Gasteiger partial charge in [-0.1, -0.05) is 157 Å². The molecule has 0 spiro atoms. The third-order valence-corrected chi connectivity index (χ3v) is 10.0. The van der Waals surface area contributed by atoms with Gasteiger partial charge in [0.05, 0.1) is 34.4 Å². The fourth-order valence-electron chi connectivity index (χ4n) is 6.39. The van der Waals surface area contributed by atoms with Gasteiger partial charge in [-0.15, -0.1) is 0 Å². The van der Waals surface area contributed by atoms with E-state index in [-0.39, 0.29) is 42.7 Å². The lowest BCUT2D eigenvalue weighted by atomic mass is 10.1. The summed E-state index contributed by atoms with van der Waals surface area (Å²) >= 11 is 0. The Kier molecular flexibility index (Phi) is 39.8. The van der Waals surface area contributed by atoms with Crippen LogP contribution in [0.15, 0.2) is 85.1 Å². The van der Waals surface area contributed by atoms with Gasteiger partial charge >= 0.3 is 17.9 Å². The van der Waals surface area contributed by atoms with E-state index < -0.39 is 18.1 Å². The second kappa shape index (κ2) is 42.2. The van der Waals surface area contributed by atoms with Gasteiger partial charge in [0, 0.05) is 19.3 Å². The lowest BCUT2D eigenvalue weighted by molar-refractivity contribution is -0.887. The van der Waals surface area contributed by atoms with Gasteiger partial charge in [-0.05, 0) is 83.5 Å². The Hall–Kier alpha value is -3.49. The monoisotopic (exact) mass is 839 g/mol. The highest BCUT2D eigenvalue weighted by atomic mass is 16.6. The second-order valence-electron chi connectivity index (χ2n) is 16.6. The predicted octanol–water partition coefficient (Wildman–Crippen LogP) is 13.3. The first-order chi connectivity index (χ1) is 29.1. The number of likely N-dealkylation sites (N-methyl/N-ethyl adjacent to an activating group) is 1. The third-order valence-electron chi connectivity index (χ3n) is 10.0. The van der Waals surface area contributed by atoms with Crippen LogP contribution in [0, 0.1) is 0 Å². The Bertz CT molecular complexity index is 1250. The highest BCUT2D eigenvalue weighted by molar-refractivity contribution is 5.72. The van der Waals surface area contributed by atoms with Crippen molar-refractivity contribution in [3.8, 4) is 0 Å². The molecule has 0 aliphatic rings. The summed E-state index contributed by atoms with van der Waals surface area (Å²) in [6.07, 6.45) is 54.9. The zero-order valence-corrected chi connectivity index (χ0v) is 38.9. The highest BCUT2D eigenvalue weighted by Gasteiger charge is 2.31. The quantitative estimate of drug-likeness (QED) is 0.0283. The summed E-state index contributed by atoms with van der Waals surface area (Å²) in [5, 5.41) is 9.63. The molecular formula is C52H88NO7+. The molecular weight excluding hydrogens is 751 g/mol. The van der Waals surface area contributed by atoms with Crippen molar-refractivity contribution in [3.05, 3.63) is 85.1 Å². The number of hydrogen-bond donors (Lipinski definition) is 1. The number of carboxylic acid groups (broad SMARTS) is 1. The number of esters is 2. The van der Waals surface area contributed by atoms with Gasteiger partial charge < -0.3 is 23.8 Å². The number of quaternary nitrogens is 1. The molecule has 0 aliphatic carbocycles. The number of carbonyl (C=O) groups excluding carboxylic acids is 2. The first-order valence-electron chi connectivity index (χ1n) is 23.6. The Morgan fingerprint density at radius 1 is 0.517 bits per heavy atom. The summed E-state index contributed by atoms with van der Waals surface area (Å²) < 4.78 is 17.2. The van der Waals surface area contributed by atoms with E-state index in [9.17, 15) is 19.5 Å². The standard InChI is InChI=1S/C52H87NO7/c1-6-8-10-12-14-16-18-20-22-24-25-26-27-29-30-32-34-36-38-40-42-50(54)59-47-48(46-58-45-44-49(52(56)57)53(3,4)5)60-51(55)43-41-39-37-35-33-31-28-23-21-19-17-15-13-11-9-7-2/h8,10,14,16,20,22-23,25-26,28-30,34,36,48-49H,6-7,9,11-13,15,17-19,21,24,27,31-33,35,37-47H2,1-5H3/p+1/b10-8+,16-14+,22-20+,26-25+,28-23+,30-29+,36-34+.